The Labute approximate surface area is 380 Å². The molecule has 1 amide bonds. The first-order valence-corrected chi connectivity index (χ1v) is 23.0. The van der Waals surface area contributed by atoms with Gasteiger partial charge >= 0.3 is 5.69 Å². The predicted octanol–water partition coefficient (Wildman–Crippen LogP) is 9.26. The quantitative estimate of drug-likeness (QED) is 0.0510. The highest BCUT2D eigenvalue weighted by atomic mass is 31.2. The normalized spacial score (nSPS) is 23.8. The number of carbonyl (C=O) groups excluding carboxylic acids is 1. The molecule has 2 heterocycles. The van der Waals surface area contributed by atoms with Gasteiger partial charge in [0.1, 0.15) is 40.2 Å². The number of carbonyl (C=O) groups is 1. The number of alkyl halides is 1. The molecular formula is C50H55FN5O8P. The van der Waals surface area contributed by atoms with Crippen molar-refractivity contribution in [2.24, 2.45) is 5.92 Å². The summed E-state index contributed by atoms with van der Waals surface area (Å²) in [6, 6.07) is 35.8. The Morgan fingerprint density at radius 3 is 2.02 bits per heavy atom. The number of anilines is 1. The first-order chi connectivity index (χ1) is 31.3. The molecule has 3 aliphatic rings. The molecule has 4 aromatic carbocycles. The standard InChI is InChI=1S/C50H55FN5O8P/c1-32(2)56(33(3)4)65(61-28-14-27-52)64-49-30-39-29-48(39,46(49)62-45(42(49)51)55-31-34(5)43(54-47(55)58)53-44(57)35-15-10-8-11-16-35)63-50(36-17-12-9-13-18-36,37-19-23-40(59-6)24-20-37)38-21-25-41(60-7)26-22-38/h8-13,15-26,31-33,39,42,45-46H,14,28-30H2,1-7H3,(H,53,54,57,58)/t39-,42+,45+,46+,48+,49-,65+/m0/s1. The molecule has 1 N–H and O–H groups in total. The first kappa shape index (κ1) is 46.0. The van der Waals surface area contributed by atoms with E-state index >= 15 is 4.39 Å². The zero-order valence-corrected chi connectivity index (χ0v) is 38.5. The molecule has 5 aromatic rings. The molecule has 15 heteroatoms. The molecule has 8 rings (SSSR count). The Morgan fingerprint density at radius 2 is 1.46 bits per heavy atom. The lowest BCUT2D eigenvalue weighted by molar-refractivity contribution is -0.162. The third-order valence-electron chi connectivity index (χ3n) is 12.6. The Balaban J connectivity index is 1.27. The number of aryl methyl sites for hydroxylation is 1. The summed E-state index contributed by atoms with van der Waals surface area (Å²) in [6.07, 6.45) is -2.25. The van der Waals surface area contributed by atoms with E-state index in [0.29, 0.717) is 29.0 Å². The molecule has 0 unspecified atom stereocenters. The van der Waals surface area contributed by atoms with Crippen molar-refractivity contribution in [2.45, 2.75) is 101 Å². The number of benzene rings is 4. The number of nitrogens with zero attached hydrogens (tertiary/aromatic N) is 4. The predicted molar refractivity (Wildman–Crippen MR) is 244 cm³/mol. The fourth-order valence-electron chi connectivity index (χ4n) is 9.61. The smallest absolute Gasteiger partial charge is 0.351 e. The average Bonchev–Trinajstić information content (AvgIpc) is 3.82. The lowest BCUT2D eigenvalue weighted by Crippen LogP contribution is -2.52. The molecule has 13 nitrogen and oxygen atoms in total. The van der Waals surface area contributed by atoms with Crippen molar-refractivity contribution in [1.82, 2.24) is 14.2 Å². The second kappa shape index (κ2) is 18.8. The van der Waals surface area contributed by atoms with E-state index in [9.17, 15) is 14.9 Å². The first-order valence-electron chi connectivity index (χ1n) is 21.9. The van der Waals surface area contributed by atoms with Gasteiger partial charge in [-0.15, -0.1) is 0 Å². The Hall–Kier alpha value is -5.52. The maximum atomic E-state index is 18.4. The van der Waals surface area contributed by atoms with Gasteiger partial charge in [-0.05, 0) is 106 Å². The molecule has 7 atom stereocenters. The largest absolute Gasteiger partial charge is 0.497 e. The van der Waals surface area contributed by atoms with Crippen LogP contribution in [0.4, 0.5) is 10.2 Å². The third kappa shape index (κ3) is 8.46. The number of rotatable bonds is 18. The number of fused-ring (bicyclic) bond motifs is 3. The summed E-state index contributed by atoms with van der Waals surface area (Å²) in [5.41, 5.74) is -1.76. The number of halogens is 1. The minimum absolute atomic E-state index is 0.0484. The molecule has 1 aliphatic heterocycles. The Morgan fingerprint density at radius 1 is 0.908 bits per heavy atom. The van der Waals surface area contributed by atoms with E-state index in [4.69, 9.17) is 28.0 Å². The van der Waals surface area contributed by atoms with Gasteiger partial charge in [-0.3, -0.25) is 9.36 Å². The van der Waals surface area contributed by atoms with Gasteiger partial charge in [0.15, 0.2) is 12.4 Å². The van der Waals surface area contributed by atoms with Crippen LogP contribution in [0.15, 0.2) is 120 Å². The minimum Gasteiger partial charge on any atom is -0.497 e. The molecule has 3 fully saturated rings. The maximum Gasteiger partial charge on any atom is 0.351 e. The summed E-state index contributed by atoms with van der Waals surface area (Å²) < 4.78 is 61.2. The van der Waals surface area contributed by atoms with E-state index in [1.165, 1.54) is 6.20 Å². The number of amides is 1. The fourth-order valence-corrected chi connectivity index (χ4v) is 11.5. The number of hydrogen-bond donors (Lipinski definition) is 1. The van der Waals surface area contributed by atoms with E-state index in [1.807, 2.05) is 107 Å². The molecule has 0 radical (unpaired) electrons. The monoisotopic (exact) mass is 903 g/mol. The summed E-state index contributed by atoms with van der Waals surface area (Å²) >= 11 is 0. The minimum atomic E-state index is -2.00. The van der Waals surface area contributed by atoms with Gasteiger partial charge in [0.25, 0.3) is 14.4 Å². The van der Waals surface area contributed by atoms with Crippen molar-refractivity contribution in [1.29, 1.82) is 5.26 Å². The van der Waals surface area contributed by atoms with Crippen LogP contribution in [-0.2, 0) is 24.1 Å². The molecule has 340 valence electrons. The van der Waals surface area contributed by atoms with Crippen LogP contribution < -0.4 is 20.5 Å². The Kier molecular flexibility index (Phi) is 13.3. The van der Waals surface area contributed by atoms with E-state index in [-0.39, 0.29) is 43.3 Å². The second-order valence-electron chi connectivity index (χ2n) is 17.4. The van der Waals surface area contributed by atoms with Gasteiger partial charge in [0, 0.05) is 29.4 Å². The zero-order valence-electron chi connectivity index (χ0n) is 37.6. The number of nitriles is 1. The van der Waals surface area contributed by atoms with Crippen molar-refractivity contribution in [2.75, 3.05) is 26.1 Å². The van der Waals surface area contributed by atoms with Crippen LogP contribution in [0, 0.1) is 24.2 Å². The third-order valence-corrected chi connectivity index (χ3v) is 14.8. The van der Waals surface area contributed by atoms with Crippen molar-refractivity contribution in [3.05, 3.63) is 154 Å². The summed E-state index contributed by atoms with van der Waals surface area (Å²) in [7, 11) is 1.22. The molecule has 65 heavy (non-hydrogen) atoms. The van der Waals surface area contributed by atoms with Crippen LogP contribution in [0.5, 0.6) is 11.5 Å². The lowest BCUT2D eigenvalue weighted by atomic mass is 9.79. The van der Waals surface area contributed by atoms with Crippen molar-refractivity contribution in [3.63, 3.8) is 0 Å². The molecule has 2 saturated carbocycles. The number of hydrogen-bond acceptors (Lipinski definition) is 11. The second-order valence-corrected chi connectivity index (χ2v) is 18.7. The number of aromatic nitrogens is 2. The van der Waals surface area contributed by atoms with Crippen molar-refractivity contribution in [3.8, 4) is 17.6 Å². The van der Waals surface area contributed by atoms with Crippen molar-refractivity contribution < 1.29 is 37.2 Å². The Bertz CT molecular complexity index is 2500. The maximum absolute atomic E-state index is 18.4. The van der Waals surface area contributed by atoms with E-state index < -0.39 is 55.4 Å². The summed E-state index contributed by atoms with van der Waals surface area (Å²) in [5, 5.41) is 12.3. The summed E-state index contributed by atoms with van der Waals surface area (Å²) in [4.78, 5) is 31.5. The lowest BCUT2D eigenvalue weighted by Gasteiger charge is -2.44. The highest BCUT2D eigenvalue weighted by Crippen LogP contribution is 2.73. The van der Waals surface area contributed by atoms with Crippen LogP contribution in [0.3, 0.4) is 0 Å². The summed E-state index contributed by atoms with van der Waals surface area (Å²) in [5.74, 6) is 0.689. The molecule has 0 bridgehead atoms. The number of nitrogens with one attached hydrogen (secondary N) is 1. The van der Waals surface area contributed by atoms with Crippen LogP contribution >= 0.6 is 8.53 Å². The number of methoxy groups -OCH3 is 2. The molecule has 0 spiro atoms. The highest BCUT2D eigenvalue weighted by Gasteiger charge is 2.82. The topological polar surface area (TPSA) is 146 Å². The van der Waals surface area contributed by atoms with E-state index in [1.54, 1.807) is 51.5 Å². The highest BCUT2D eigenvalue weighted by molar-refractivity contribution is 7.44. The SMILES string of the molecule is COc1ccc(C(O[C@]23C[C@H]2C[C@@]2(O[P@@](OCCC#N)N(C(C)C)C(C)C)[C@@H]3O[C@@H](n3cc(C)c(NC(=O)c4ccccc4)nc3=O)[C@H]2F)(c2ccccc2)c2ccc(OC)cc2)cc1. The van der Waals surface area contributed by atoms with E-state index in [2.05, 4.69) is 21.0 Å². The van der Waals surface area contributed by atoms with Gasteiger partial charge in [-0.2, -0.15) is 10.2 Å². The molecule has 1 aromatic heterocycles. The zero-order chi connectivity index (χ0) is 46.1. The van der Waals surface area contributed by atoms with Crippen LogP contribution in [0.1, 0.15) is 85.8 Å². The van der Waals surface area contributed by atoms with Gasteiger partial charge in [-0.25, -0.2) is 13.9 Å². The molecule has 1 saturated heterocycles. The number of ether oxygens (including phenoxy) is 4. The van der Waals surface area contributed by atoms with Crippen LogP contribution in [0.25, 0.3) is 0 Å². The van der Waals surface area contributed by atoms with Crippen molar-refractivity contribution >= 4 is 20.3 Å². The molecular weight excluding hydrogens is 849 g/mol. The van der Waals surface area contributed by atoms with Crippen LogP contribution in [0.2, 0.25) is 0 Å². The van der Waals surface area contributed by atoms with Gasteiger partial charge in [-0.1, -0.05) is 72.8 Å². The van der Waals surface area contributed by atoms with Gasteiger partial charge < -0.3 is 33.3 Å². The fraction of sp³-hybridized carbons (Fsp3) is 0.400. The van der Waals surface area contributed by atoms with Crippen LogP contribution in [-0.4, -0.2) is 76.5 Å². The van der Waals surface area contributed by atoms with Gasteiger partial charge in [0.2, 0.25) is 0 Å². The average molecular weight is 904 g/mol. The summed E-state index contributed by atoms with van der Waals surface area (Å²) in [6.45, 7) is 9.82. The van der Waals surface area contributed by atoms with Gasteiger partial charge in [0.05, 0.1) is 33.3 Å². The van der Waals surface area contributed by atoms with E-state index in [0.717, 1.165) is 21.3 Å². The molecule has 2 aliphatic carbocycles.